The summed E-state index contributed by atoms with van der Waals surface area (Å²) in [4.78, 5) is 55.7. The second-order valence-corrected chi connectivity index (χ2v) is 8.30. The number of thiophene rings is 1. The lowest BCUT2D eigenvalue weighted by Gasteiger charge is -2.14. The summed E-state index contributed by atoms with van der Waals surface area (Å²) < 4.78 is 0.456. The number of benzene rings is 1. The molecule has 156 valence electrons. The predicted octanol–water partition coefficient (Wildman–Crippen LogP) is 2.96. The third kappa shape index (κ3) is 4.32. The topological polar surface area (TPSA) is 108 Å². The summed E-state index contributed by atoms with van der Waals surface area (Å²) in [7, 11) is 0. The van der Waals surface area contributed by atoms with Gasteiger partial charge in [-0.05, 0) is 36.4 Å². The Labute approximate surface area is 185 Å². The van der Waals surface area contributed by atoms with Gasteiger partial charge in [0.1, 0.15) is 6.54 Å². The van der Waals surface area contributed by atoms with Crippen molar-refractivity contribution in [2.45, 2.75) is 6.54 Å². The van der Waals surface area contributed by atoms with Crippen LogP contribution < -0.4 is 10.6 Å². The molecule has 8 nitrogen and oxygen atoms in total. The first kappa shape index (κ1) is 20.7. The van der Waals surface area contributed by atoms with Crippen molar-refractivity contribution in [2.75, 3.05) is 11.9 Å². The van der Waals surface area contributed by atoms with E-state index in [1.165, 1.54) is 12.1 Å². The zero-order chi connectivity index (χ0) is 22.0. The molecule has 0 saturated heterocycles. The average molecular weight is 455 g/mol. The molecule has 0 fully saturated rings. The van der Waals surface area contributed by atoms with Gasteiger partial charge in [-0.15, -0.1) is 11.3 Å². The summed E-state index contributed by atoms with van der Waals surface area (Å²) in [6, 6.07) is 13.0. The lowest BCUT2D eigenvalue weighted by atomic mass is 10.1. The number of carbonyl (C=O) groups excluding carboxylic acids is 4. The maximum Gasteiger partial charge on any atom is 0.265 e. The van der Waals surface area contributed by atoms with E-state index in [0.717, 1.165) is 16.2 Å². The maximum absolute atomic E-state index is 12.9. The molecule has 10 heteroatoms. The summed E-state index contributed by atoms with van der Waals surface area (Å²) >= 11 is 6.96. The summed E-state index contributed by atoms with van der Waals surface area (Å²) in [5.74, 6) is -2.19. The molecule has 2 N–H and O–H groups in total. The summed E-state index contributed by atoms with van der Waals surface area (Å²) in [5, 5.41) is 5.28. The third-order valence-corrected chi connectivity index (χ3v) is 5.77. The number of nitrogens with zero attached hydrogens (tertiary/aromatic N) is 2. The molecule has 2 aromatic heterocycles. The van der Waals surface area contributed by atoms with Crippen molar-refractivity contribution >= 4 is 52.3 Å². The minimum absolute atomic E-state index is 0.0565. The first-order chi connectivity index (χ1) is 14.9. The standard InChI is InChI=1S/C21H15ClN4O4S/c22-16-8-7-15(31-16)19(28)25-14-6-3-5-13-18(14)21(30)26(20(13)29)11-17(27)24-10-12-4-1-2-9-23-12/h1-9H,10-11H2,(H,24,27)(H,25,28). The van der Waals surface area contributed by atoms with Crippen LogP contribution in [-0.4, -0.2) is 40.1 Å². The Morgan fingerprint density at radius 2 is 1.87 bits per heavy atom. The van der Waals surface area contributed by atoms with Crippen LogP contribution in [0.5, 0.6) is 0 Å². The maximum atomic E-state index is 12.9. The van der Waals surface area contributed by atoms with Gasteiger partial charge in [0.15, 0.2) is 0 Å². The highest BCUT2D eigenvalue weighted by Gasteiger charge is 2.38. The van der Waals surface area contributed by atoms with Crippen molar-refractivity contribution in [3.8, 4) is 0 Å². The minimum Gasteiger partial charge on any atom is -0.349 e. The molecule has 0 radical (unpaired) electrons. The van der Waals surface area contributed by atoms with Crippen LogP contribution in [0.25, 0.3) is 0 Å². The number of aromatic nitrogens is 1. The molecule has 0 bridgehead atoms. The Hall–Kier alpha value is -3.56. The lowest BCUT2D eigenvalue weighted by molar-refractivity contribution is -0.121. The van der Waals surface area contributed by atoms with Gasteiger partial charge < -0.3 is 10.6 Å². The van der Waals surface area contributed by atoms with Gasteiger partial charge >= 0.3 is 0 Å². The van der Waals surface area contributed by atoms with Crippen molar-refractivity contribution in [1.82, 2.24) is 15.2 Å². The molecule has 4 amide bonds. The van der Waals surface area contributed by atoms with E-state index < -0.39 is 30.2 Å². The van der Waals surface area contributed by atoms with E-state index in [1.54, 1.807) is 42.6 Å². The number of anilines is 1. The summed E-state index contributed by atoms with van der Waals surface area (Å²) in [6.07, 6.45) is 1.60. The van der Waals surface area contributed by atoms with E-state index in [4.69, 9.17) is 11.6 Å². The van der Waals surface area contributed by atoms with Gasteiger partial charge in [-0.2, -0.15) is 0 Å². The highest BCUT2D eigenvalue weighted by Crippen LogP contribution is 2.30. The third-order valence-electron chi connectivity index (χ3n) is 4.54. The van der Waals surface area contributed by atoms with E-state index in [-0.39, 0.29) is 23.4 Å². The Balaban J connectivity index is 1.48. The van der Waals surface area contributed by atoms with E-state index in [2.05, 4.69) is 15.6 Å². The zero-order valence-electron chi connectivity index (χ0n) is 15.9. The molecule has 4 rings (SSSR count). The molecule has 31 heavy (non-hydrogen) atoms. The highest BCUT2D eigenvalue weighted by molar-refractivity contribution is 7.18. The number of rotatable bonds is 6. The van der Waals surface area contributed by atoms with Crippen LogP contribution in [0, 0.1) is 0 Å². The van der Waals surface area contributed by atoms with Gasteiger partial charge in [0, 0.05) is 6.20 Å². The van der Waals surface area contributed by atoms with Crippen LogP contribution >= 0.6 is 22.9 Å². The first-order valence-corrected chi connectivity index (χ1v) is 10.4. The largest absolute Gasteiger partial charge is 0.349 e. The molecule has 0 spiro atoms. The number of hydrogen-bond acceptors (Lipinski definition) is 6. The SMILES string of the molecule is O=C(CN1C(=O)c2cccc(NC(=O)c3ccc(Cl)s3)c2C1=O)NCc1ccccn1. The number of pyridine rings is 1. The normalized spacial score (nSPS) is 12.6. The van der Waals surface area contributed by atoms with Crippen LogP contribution in [-0.2, 0) is 11.3 Å². The molecule has 1 aliphatic heterocycles. The van der Waals surface area contributed by atoms with Gasteiger partial charge in [-0.25, -0.2) is 0 Å². The van der Waals surface area contributed by atoms with Gasteiger partial charge in [0.2, 0.25) is 5.91 Å². The fourth-order valence-electron chi connectivity index (χ4n) is 3.09. The summed E-state index contributed by atoms with van der Waals surface area (Å²) in [5.41, 5.74) is 1.03. The molecule has 0 atom stereocenters. The molecule has 1 aliphatic rings. The van der Waals surface area contributed by atoms with Crippen molar-refractivity contribution < 1.29 is 19.2 Å². The second kappa shape index (κ2) is 8.66. The molecule has 3 heterocycles. The Kier molecular flexibility index (Phi) is 5.79. The van der Waals surface area contributed by atoms with Crippen LogP contribution in [0.1, 0.15) is 36.1 Å². The van der Waals surface area contributed by atoms with Crippen molar-refractivity contribution in [2.24, 2.45) is 0 Å². The molecule has 0 aliphatic carbocycles. The number of halogens is 1. The molecular weight excluding hydrogens is 440 g/mol. The predicted molar refractivity (Wildman–Crippen MR) is 115 cm³/mol. The lowest BCUT2D eigenvalue weighted by Crippen LogP contribution is -2.40. The van der Waals surface area contributed by atoms with Crippen LogP contribution in [0.15, 0.2) is 54.7 Å². The number of carbonyl (C=O) groups is 4. The van der Waals surface area contributed by atoms with Gasteiger partial charge in [0.25, 0.3) is 17.7 Å². The smallest absolute Gasteiger partial charge is 0.265 e. The Morgan fingerprint density at radius 1 is 1.03 bits per heavy atom. The monoisotopic (exact) mass is 454 g/mol. The van der Waals surface area contributed by atoms with E-state index >= 15 is 0 Å². The quantitative estimate of drug-likeness (QED) is 0.556. The molecule has 1 aromatic carbocycles. The first-order valence-electron chi connectivity index (χ1n) is 9.16. The average Bonchev–Trinajstić information content (AvgIpc) is 3.31. The Bertz CT molecular complexity index is 1200. The van der Waals surface area contributed by atoms with Crippen molar-refractivity contribution in [1.29, 1.82) is 0 Å². The highest BCUT2D eigenvalue weighted by atomic mass is 35.5. The number of imide groups is 1. The van der Waals surface area contributed by atoms with Gasteiger partial charge in [0.05, 0.1) is 38.3 Å². The van der Waals surface area contributed by atoms with E-state index in [0.29, 0.717) is 14.9 Å². The Morgan fingerprint density at radius 3 is 2.58 bits per heavy atom. The van der Waals surface area contributed by atoms with Crippen molar-refractivity contribution in [3.05, 3.63) is 80.8 Å². The fraction of sp³-hybridized carbons (Fsp3) is 0.0952. The molecule has 3 aromatic rings. The minimum atomic E-state index is -0.645. The van der Waals surface area contributed by atoms with Crippen LogP contribution in [0.2, 0.25) is 4.34 Å². The van der Waals surface area contributed by atoms with Crippen LogP contribution in [0.4, 0.5) is 5.69 Å². The number of nitrogens with one attached hydrogen (secondary N) is 2. The van der Waals surface area contributed by atoms with Gasteiger partial charge in [-0.3, -0.25) is 29.1 Å². The second-order valence-electron chi connectivity index (χ2n) is 6.58. The summed E-state index contributed by atoms with van der Waals surface area (Å²) in [6.45, 7) is -0.263. The fourth-order valence-corrected chi connectivity index (χ4v) is 4.03. The van der Waals surface area contributed by atoms with E-state index in [1.807, 2.05) is 0 Å². The van der Waals surface area contributed by atoms with Gasteiger partial charge in [-0.1, -0.05) is 23.7 Å². The number of amides is 4. The van der Waals surface area contributed by atoms with Crippen LogP contribution in [0.3, 0.4) is 0 Å². The molecule has 0 saturated carbocycles. The van der Waals surface area contributed by atoms with E-state index in [9.17, 15) is 19.2 Å². The number of hydrogen-bond donors (Lipinski definition) is 2. The zero-order valence-corrected chi connectivity index (χ0v) is 17.5. The number of fused-ring (bicyclic) bond motifs is 1. The van der Waals surface area contributed by atoms with Crippen molar-refractivity contribution in [3.63, 3.8) is 0 Å². The molecular formula is C21H15ClN4O4S. The molecule has 0 unspecified atom stereocenters.